The molecule has 1 unspecified atom stereocenters. The maximum Gasteiger partial charge on any atom is 0.0995 e. The number of hydrogen-bond donors (Lipinski definition) is 1. The molecule has 1 atom stereocenters. The number of nitriles is 1. The summed E-state index contributed by atoms with van der Waals surface area (Å²) in [5, 5.41) is 13.1. The molecule has 5 heteroatoms. The van der Waals surface area contributed by atoms with E-state index in [-0.39, 0.29) is 11.6 Å². The number of anilines is 1. The zero-order valence-corrected chi connectivity index (χ0v) is 19.1. The first kappa shape index (κ1) is 23.2. The third-order valence-corrected chi connectivity index (χ3v) is 6.75. The molecule has 2 saturated carbocycles. The molecule has 4 rings (SSSR count). The largest absolute Gasteiger partial charge is 0.379 e. The summed E-state index contributed by atoms with van der Waals surface area (Å²) in [6, 6.07) is 11.0. The highest BCUT2D eigenvalue weighted by molar-refractivity contribution is 6.03. The molecule has 1 aromatic rings. The van der Waals surface area contributed by atoms with Gasteiger partial charge in [-0.25, -0.2) is 0 Å². The van der Waals surface area contributed by atoms with Crippen molar-refractivity contribution in [1.82, 2.24) is 4.90 Å². The van der Waals surface area contributed by atoms with Crippen molar-refractivity contribution in [3.8, 4) is 6.07 Å². The van der Waals surface area contributed by atoms with E-state index in [1.165, 1.54) is 23.4 Å². The van der Waals surface area contributed by atoms with Crippen molar-refractivity contribution >= 4 is 11.4 Å². The van der Waals surface area contributed by atoms with Crippen LogP contribution in [0.4, 0.5) is 5.69 Å². The molecular weight excluding hydrogens is 384 g/mol. The minimum absolute atomic E-state index is 0.207. The van der Waals surface area contributed by atoms with Crippen LogP contribution in [0.2, 0.25) is 0 Å². The van der Waals surface area contributed by atoms with Gasteiger partial charge in [-0.05, 0) is 75.6 Å². The molecule has 1 saturated heterocycles. The number of aliphatic imine (C=N–C) groups is 1. The third-order valence-electron chi connectivity index (χ3n) is 6.75. The van der Waals surface area contributed by atoms with Crippen LogP contribution in [0.15, 0.2) is 53.7 Å². The first-order valence-corrected chi connectivity index (χ1v) is 11.5. The lowest BCUT2D eigenvalue weighted by Gasteiger charge is -2.35. The number of nitrogens with zero attached hydrogens (tertiary/aromatic N) is 3. The Bertz CT molecular complexity index is 839. The normalized spacial score (nSPS) is 24.4. The van der Waals surface area contributed by atoms with Gasteiger partial charge < -0.3 is 10.1 Å². The lowest BCUT2D eigenvalue weighted by molar-refractivity contribution is 0.0220. The molecule has 3 aliphatic rings. The number of allylic oxidation sites excluding steroid dienone is 2. The van der Waals surface area contributed by atoms with Gasteiger partial charge in [-0.1, -0.05) is 12.1 Å². The number of nitrogens with one attached hydrogen (secondary N) is 1. The predicted molar refractivity (Wildman–Crippen MR) is 128 cm³/mol. The van der Waals surface area contributed by atoms with Crippen LogP contribution in [0, 0.1) is 11.3 Å². The van der Waals surface area contributed by atoms with Crippen molar-refractivity contribution in [2.24, 2.45) is 4.99 Å². The summed E-state index contributed by atoms with van der Waals surface area (Å²) in [6.07, 6.45) is 6.66. The second kappa shape index (κ2) is 10.7. The van der Waals surface area contributed by atoms with Crippen molar-refractivity contribution in [2.45, 2.75) is 64.0 Å². The molecule has 0 radical (unpaired) electrons. The Morgan fingerprint density at radius 1 is 1.16 bits per heavy atom. The second-order valence-corrected chi connectivity index (χ2v) is 8.56. The maximum absolute atomic E-state index is 9.55. The van der Waals surface area contributed by atoms with Crippen molar-refractivity contribution in [2.75, 3.05) is 31.6 Å². The van der Waals surface area contributed by atoms with Crippen LogP contribution < -0.4 is 5.32 Å². The highest BCUT2D eigenvalue weighted by Crippen LogP contribution is 2.43. The van der Waals surface area contributed by atoms with Crippen LogP contribution in [0.25, 0.3) is 0 Å². The summed E-state index contributed by atoms with van der Waals surface area (Å²) < 4.78 is 5.47. The van der Waals surface area contributed by atoms with Crippen LogP contribution in [-0.2, 0) is 10.2 Å². The molecule has 1 aliphatic heterocycles. The van der Waals surface area contributed by atoms with Gasteiger partial charge >= 0.3 is 0 Å². The van der Waals surface area contributed by atoms with E-state index in [2.05, 4.69) is 67.6 Å². The van der Waals surface area contributed by atoms with Gasteiger partial charge in [0.15, 0.2) is 0 Å². The van der Waals surface area contributed by atoms with Crippen molar-refractivity contribution in [3.05, 3.63) is 54.3 Å². The number of hydrogen-bond acceptors (Lipinski definition) is 5. The SMILES string of the molecule is C/C(Nc1ccc(C2(C#N)CCC2)cc1)=C1/CCC/C1=N/C(C)N1CCOCC1.C=C. The molecule has 1 heterocycles. The van der Waals surface area contributed by atoms with Gasteiger partial charge in [0.25, 0.3) is 0 Å². The number of morpholine rings is 1. The first-order chi connectivity index (χ1) is 15.1. The highest BCUT2D eigenvalue weighted by Gasteiger charge is 2.38. The van der Waals surface area contributed by atoms with Gasteiger partial charge in [0.1, 0.15) is 0 Å². The van der Waals surface area contributed by atoms with Crippen LogP contribution in [0.1, 0.15) is 57.9 Å². The quantitative estimate of drug-likeness (QED) is 0.646. The van der Waals surface area contributed by atoms with E-state index >= 15 is 0 Å². The van der Waals surface area contributed by atoms with Gasteiger partial charge in [0.2, 0.25) is 0 Å². The van der Waals surface area contributed by atoms with Gasteiger partial charge in [0, 0.05) is 30.2 Å². The second-order valence-electron chi connectivity index (χ2n) is 8.56. The zero-order chi connectivity index (χ0) is 22.3. The fourth-order valence-electron chi connectivity index (χ4n) is 4.69. The van der Waals surface area contributed by atoms with Crippen LogP contribution >= 0.6 is 0 Å². The number of rotatable bonds is 5. The smallest absolute Gasteiger partial charge is 0.0995 e. The Morgan fingerprint density at radius 3 is 2.42 bits per heavy atom. The molecule has 0 aromatic heterocycles. The molecule has 1 N–H and O–H groups in total. The van der Waals surface area contributed by atoms with E-state index < -0.39 is 0 Å². The monoisotopic (exact) mass is 420 g/mol. The molecule has 2 aliphatic carbocycles. The lowest BCUT2D eigenvalue weighted by atomic mass is 9.65. The average molecular weight is 421 g/mol. The third kappa shape index (κ3) is 5.26. The topological polar surface area (TPSA) is 60.7 Å². The Kier molecular flexibility index (Phi) is 8.06. The van der Waals surface area contributed by atoms with Gasteiger partial charge in [-0.2, -0.15) is 5.26 Å². The molecule has 0 bridgehead atoms. The van der Waals surface area contributed by atoms with Crippen molar-refractivity contribution < 1.29 is 4.74 Å². The number of ether oxygens (including phenoxy) is 1. The van der Waals surface area contributed by atoms with Gasteiger partial charge in [-0.3, -0.25) is 9.89 Å². The minimum Gasteiger partial charge on any atom is -0.379 e. The highest BCUT2D eigenvalue weighted by atomic mass is 16.5. The summed E-state index contributed by atoms with van der Waals surface area (Å²) in [6.45, 7) is 13.9. The van der Waals surface area contributed by atoms with E-state index in [0.29, 0.717) is 0 Å². The Balaban J connectivity index is 0.00000132. The fraction of sp³-hybridized carbons (Fsp3) is 0.538. The van der Waals surface area contributed by atoms with Crippen LogP contribution in [0.3, 0.4) is 0 Å². The molecule has 5 nitrogen and oxygen atoms in total. The van der Waals surface area contributed by atoms with Crippen molar-refractivity contribution in [3.63, 3.8) is 0 Å². The van der Waals surface area contributed by atoms with Gasteiger partial charge in [-0.15, -0.1) is 13.2 Å². The Hall–Kier alpha value is -2.42. The maximum atomic E-state index is 9.55. The Morgan fingerprint density at radius 2 is 1.84 bits per heavy atom. The fourth-order valence-corrected chi connectivity index (χ4v) is 4.69. The molecule has 31 heavy (non-hydrogen) atoms. The summed E-state index contributed by atoms with van der Waals surface area (Å²) >= 11 is 0. The average Bonchev–Trinajstić information content (AvgIpc) is 3.25. The summed E-state index contributed by atoms with van der Waals surface area (Å²) in [5.41, 5.74) is 5.81. The first-order valence-electron chi connectivity index (χ1n) is 11.5. The van der Waals surface area contributed by atoms with Crippen LogP contribution in [-0.4, -0.2) is 43.1 Å². The summed E-state index contributed by atoms with van der Waals surface area (Å²) in [4.78, 5) is 7.48. The molecule has 0 amide bonds. The van der Waals surface area contributed by atoms with E-state index in [1.807, 2.05) is 0 Å². The predicted octanol–water partition coefficient (Wildman–Crippen LogP) is 5.42. The molecule has 3 fully saturated rings. The van der Waals surface area contributed by atoms with E-state index in [1.54, 1.807) is 0 Å². The summed E-state index contributed by atoms with van der Waals surface area (Å²) in [7, 11) is 0. The molecule has 166 valence electrons. The minimum atomic E-state index is -0.243. The van der Waals surface area contributed by atoms with Crippen molar-refractivity contribution in [1.29, 1.82) is 5.26 Å². The van der Waals surface area contributed by atoms with Crippen LogP contribution in [0.5, 0.6) is 0 Å². The number of benzene rings is 1. The van der Waals surface area contributed by atoms with E-state index in [9.17, 15) is 5.26 Å². The standard InChI is InChI=1S/C24H32N4O.C2H4/c1-18(26-21-9-7-20(8-10-21)24(17-25)11-4-12-24)22-5-3-6-23(22)27-19(2)28-13-15-29-16-14-28;1-2/h7-10,19,26H,3-6,11-16H2,1-2H3;1-2H2/b22-18+,27-23-;. The Labute approximate surface area is 187 Å². The zero-order valence-electron chi connectivity index (χ0n) is 19.1. The summed E-state index contributed by atoms with van der Waals surface area (Å²) in [5.74, 6) is 0. The van der Waals surface area contributed by atoms with Gasteiger partial charge in [0.05, 0.1) is 30.9 Å². The lowest BCUT2D eigenvalue weighted by Crippen LogP contribution is -2.41. The molecule has 0 spiro atoms. The van der Waals surface area contributed by atoms with E-state index in [0.717, 1.165) is 69.7 Å². The van der Waals surface area contributed by atoms with E-state index in [4.69, 9.17) is 9.73 Å². The molecular formula is C26H36N4O. The molecule has 1 aromatic carbocycles.